The smallest absolute Gasteiger partial charge is 0.262 e. The molecular formula is C10H18Cl3N2O3S+. The molecule has 0 radical (unpaired) electrons. The van der Waals surface area contributed by atoms with Gasteiger partial charge in [-0.1, -0.05) is 41.7 Å². The van der Waals surface area contributed by atoms with E-state index in [2.05, 4.69) is 5.32 Å². The van der Waals surface area contributed by atoms with E-state index in [1.807, 2.05) is 6.92 Å². The lowest BCUT2D eigenvalue weighted by molar-refractivity contribution is -0.719. The second-order valence-corrected chi connectivity index (χ2v) is 9.29. The number of sulfone groups is 1. The fourth-order valence-corrected chi connectivity index (χ4v) is 4.10. The van der Waals surface area contributed by atoms with Gasteiger partial charge in [-0.05, 0) is 6.42 Å². The Morgan fingerprint density at radius 2 is 2.11 bits per heavy atom. The highest BCUT2D eigenvalue weighted by Crippen LogP contribution is 2.27. The third kappa shape index (κ3) is 6.04. The molecule has 1 fully saturated rings. The number of nitrogens with two attached hydrogens (primary N) is 1. The van der Waals surface area contributed by atoms with Gasteiger partial charge < -0.3 is 10.6 Å². The fourth-order valence-electron chi connectivity index (χ4n) is 1.96. The maximum atomic E-state index is 11.6. The van der Waals surface area contributed by atoms with Crippen LogP contribution in [0.3, 0.4) is 0 Å². The topological polar surface area (TPSA) is 79.8 Å². The Balaban J connectivity index is 2.63. The minimum absolute atomic E-state index is 0.0495. The van der Waals surface area contributed by atoms with Gasteiger partial charge in [-0.2, -0.15) is 0 Å². The summed E-state index contributed by atoms with van der Waals surface area (Å²) in [5.41, 5.74) is 0. The lowest BCUT2D eigenvalue weighted by atomic mass is 10.2. The van der Waals surface area contributed by atoms with Crippen LogP contribution in [0.1, 0.15) is 26.2 Å². The van der Waals surface area contributed by atoms with E-state index in [4.69, 9.17) is 34.8 Å². The van der Waals surface area contributed by atoms with Gasteiger partial charge in [0.2, 0.25) is 12.1 Å². The van der Waals surface area contributed by atoms with Gasteiger partial charge in [0.05, 0.1) is 5.75 Å². The van der Waals surface area contributed by atoms with Gasteiger partial charge in [0, 0.05) is 12.8 Å². The summed E-state index contributed by atoms with van der Waals surface area (Å²) >= 11 is 17.5. The van der Waals surface area contributed by atoms with E-state index >= 15 is 0 Å². The molecule has 0 spiro atoms. The average molecular weight is 353 g/mol. The minimum atomic E-state index is -3.00. The molecule has 0 aromatic carbocycles. The zero-order valence-corrected chi connectivity index (χ0v) is 13.6. The Hall–Kier alpha value is 0.250. The molecule has 19 heavy (non-hydrogen) atoms. The number of hydrogen-bond acceptors (Lipinski definition) is 3. The van der Waals surface area contributed by atoms with Crippen LogP contribution in [0, 0.1) is 0 Å². The summed E-state index contributed by atoms with van der Waals surface area (Å²) in [6.07, 6.45) is 0.753. The van der Waals surface area contributed by atoms with Crippen molar-refractivity contribution in [2.75, 3.05) is 11.5 Å². The number of carbonyl (C=O) groups is 1. The molecular weight excluding hydrogens is 335 g/mol. The molecule has 5 nitrogen and oxygen atoms in total. The van der Waals surface area contributed by atoms with Crippen LogP contribution in [0.2, 0.25) is 0 Å². The van der Waals surface area contributed by atoms with E-state index in [1.54, 1.807) is 5.32 Å². The molecule has 0 saturated carbocycles. The van der Waals surface area contributed by atoms with Crippen LogP contribution in [0.5, 0.6) is 0 Å². The summed E-state index contributed by atoms with van der Waals surface area (Å²) in [6.45, 7) is 1.87. The molecule has 1 saturated heterocycles. The van der Waals surface area contributed by atoms with Gasteiger partial charge >= 0.3 is 0 Å². The maximum absolute atomic E-state index is 11.6. The number of alkyl halides is 3. The van der Waals surface area contributed by atoms with Gasteiger partial charge in [0.15, 0.2) is 9.84 Å². The van der Waals surface area contributed by atoms with Gasteiger partial charge in [-0.15, -0.1) is 0 Å². The van der Waals surface area contributed by atoms with Crippen molar-refractivity contribution in [1.29, 1.82) is 0 Å². The number of halogens is 3. The Morgan fingerprint density at radius 1 is 1.47 bits per heavy atom. The first-order valence-electron chi connectivity index (χ1n) is 6.05. The van der Waals surface area contributed by atoms with Crippen LogP contribution in [-0.2, 0) is 14.6 Å². The van der Waals surface area contributed by atoms with Crippen molar-refractivity contribution >= 4 is 50.5 Å². The number of amides is 1. The molecule has 2 atom stereocenters. The summed E-state index contributed by atoms with van der Waals surface area (Å²) in [5, 5.41) is 4.26. The standard InChI is InChI=1S/C10H17Cl3N2O3S/c1-2-3-8(16)15-9(10(11,12)13)14-7-4-5-19(17,18)6-7/h7,9,14H,2-6H2,1H3,(H,15,16)/p+1/t7-,9-/m0/s1. The molecule has 1 amide bonds. The zero-order chi connectivity index (χ0) is 14.7. The second kappa shape index (κ2) is 6.80. The predicted molar refractivity (Wildman–Crippen MR) is 76.1 cm³/mol. The first-order valence-corrected chi connectivity index (χ1v) is 9.01. The van der Waals surface area contributed by atoms with Gasteiger partial charge in [0.25, 0.3) is 3.79 Å². The number of rotatable bonds is 5. The molecule has 0 aromatic rings. The summed E-state index contributed by atoms with van der Waals surface area (Å²) < 4.78 is 21.1. The van der Waals surface area contributed by atoms with E-state index in [-0.39, 0.29) is 23.5 Å². The monoisotopic (exact) mass is 351 g/mol. The van der Waals surface area contributed by atoms with Crippen molar-refractivity contribution in [3.05, 3.63) is 0 Å². The third-order valence-electron chi connectivity index (χ3n) is 2.88. The Morgan fingerprint density at radius 3 is 2.53 bits per heavy atom. The average Bonchev–Trinajstić information content (AvgIpc) is 2.56. The van der Waals surface area contributed by atoms with E-state index in [0.717, 1.165) is 0 Å². The van der Waals surface area contributed by atoms with Crippen LogP contribution in [-0.4, -0.2) is 41.8 Å². The first-order chi connectivity index (χ1) is 8.64. The van der Waals surface area contributed by atoms with Crippen LogP contribution < -0.4 is 10.6 Å². The SMILES string of the molecule is CCCC(=O)N[C@H]([NH2+][C@H]1CCS(=O)(=O)C1)C(Cl)(Cl)Cl. The van der Waals surface area contributed by atoms with Crippen molar-refractivity contribution in [3.63, 3.8) is 0 Å². The summed E-state index contributed by atoms with van der Waals surface area (Å²) in [6, 6.07) is -0.187. The van der Waals surface area contributed by atoms with Gasteiger partial charge in [-0.25, -0.2) is 8.42 Å². The first kappa shape index (κ1) is 17.3. The van der Waals surface area contributed by atoms with Crippen molar-refractivity contribution in [2.24, 2.45) is 0 Å². The van der Waals surface area contributed by atoms with E-state index in [9.17, 15) is 13.2 Å². The van der Waals surface area contributed by atoms with Crippen LogP contribution in [0.25, 0.3) is 0 Å². The lowest BCUT2D eigenvalue weighted by Crippen LogP contribution is -3.00. The number of carbonyl (C=O) groups excluding carboxylic acids is 1. The molecule has 0 aromatic heterocycles. The van der Waals surface area contributed by atoms with E-state index in [0.29, 0.717) is 19.3 Å². The highest BCUT2D eigenvalue weighted by atomic mass is 35.6. The van der Waals surface area contributed by atoms with Crippen LogP contribution in [0.15, 0.2) is 0 Å². The fraction of sp³-hybridized carbons (Fsp3) is 0.900. The molecule has 9 heteroatoms. The van der Waals surface area contributed by atoms with Crippen molar-refractivity contribution in [3.8, 4) is 0 Å². The quantitative estimate of drug-likeness (QED) is 0.553. The Labute approximate surface area is 128 Å². The van der Waals surface area contributed by atoms with Crippen LogP contribution in [0.4, 0.5) is 0 Å². The molecule has 1 aliphatic heterocycles. The number of hydrogen-bond donors (Lipinski definition) is 2. The third-order valence-corrected chi connectivity index (χ3v) is 5.38. The highest BCUT2D eigenvalue weighted by molar-refractivity contribution is 7.91. The molecule has 1 aliphatic rings. The lowest BCUT2D eigenvalue weighted by Gasteiger charge is -2.25. The minimum Gasteiger partial charge on any atom is -0.320 e. The number of quaternary nitrogens is 1. The van der Waals surface area contributed by atoms with Crippen molar-refractivity contribution in [1.82, 2.24) is 5.32 Å². The highest BCUT2D eigenvalue weighted by Gasteiger charge is 2.41. The molecule has 112 valence electrons. The molecule has 0 bridgehead atoms. The summed E-state index contributed by atoms with van der Waals surface area (Å²) in [4.78, 5) is 11.6. The van der Waals surface area contributed by atoms with Gasteiger partial charge in [-0.3, -0.25) is 4.79 Å². The molecule has 1 rings (SSSR count). The Kier molecular flexibility index (Phi) is 6.20. The van der Waals surface area contributed by atoms with Crippen molar-refractivity contribution < 1.29 is 18.5 Å². The van der Waals surface area contributed by atoms with E-state index < -0.39 is 19.8 Å². The number of nitrogens with one attached hydrogen (secondary N) is 1. The Bertz CT molecular complexity index is 422. The van der Waals surface area contributed by atoms with Gasteiger partial charge in [0.1, 0.15) is 11.8 Å². The maximum Gasteiger partial charge on any atom is 0.262 e. The molecule has 0 aliphatic carbocycles. The van der Waals surface area contributed by atoms with E-state index in [1.165, 1.54) is 0 Å². The second-order valence-electron chi connectivity index (χ2n) is 4.69. The molecule has 1 heterocycles. The summed E-state index contributed by atoms with van der Waals surface area (Å²) in [7, 11) is -3.00. The summed E-state index contributed by atoms with van der Waals surface area (Å²) in [5.74, 6) is -0.0201. The predicted octanol–water partition coefficient (Wildman–Crippen LogP) is 0.350. The largest absolute Gasteiger partial charge is 0.320 e. The van der Waals surface area contributed by atoms with Crippen LogP contribution >= 0.6 is 34.8 Å². The van der Waals surface area contributed by atoms with Crippen molar-refractivity contribution in [2.45, 2.75) is 42.2 Å². The molecule has 3 N–H and O–H groups in total. The normalized spacial score (nSPS) is 24.1. The zero-order valence-electron chi connectivity index (χ0n) is 10.5. The molecule has 0 unspecified atom stereocenters.